The molecule has 1 heterocycles. The van der Waals surface area contributed by atoms with Crippen LogP contribution in [0.15, 0.2) is 42.5 Å². The lowest BCUT2D eigenvalue weighted by atomic mass is 9.94. The lowest BCUT2D eigenvalue weighted by Gasteiger charge is -2.33. The fourth-order valence-electron chi connectivity index (χ4n) is 3.42. The standard InChI is InChI=1S/C21H22F2N2O2/c1-14(19-12-17(22)4-7-20(19)23)24-21(27)16-8-10-25(11-9-16)18-5-2-15(13-26)3-6-18/h2-7,12-14,16H,8-11H2,1H3,(H,24,27)/t14-/m0/s1. The summed E-state index contributed by atoms with van der Waals surface area (Å²) < 4.78 is 27.2. The van der Waals surface area contributed by atoms with E-state index in [0.717, 1.165) is 43.3 Å². The summed E-state index contributed by atoms with van der Waals surface area (Å²) in [6.45, 7) is 3.10. The highest BCUT2D eigenvalue weighted by Gasteiger charge is 2.26. The largest absolute Gasteiger partial charge is 0.371 e. The highest BCUT2D eigenvalue weighted by Crippen LogP contribution is 2.25. The number of aldehydes is 1. The van der Waals surface area contributed by atoms with E-state index < -0.39 is 17.7 Å². The summed E-state index contributed by atoms with van der Waals surface area (Å²) in [7, 11) is 0. The lowest BCUT2D eigenvalue weighted by Crippen LogP contribution is -2.41. The van der Waals surface area contributed by atoms with Gasteiger partial charge in [0, 0.05) is 35.8 Å². The number of rotatable bonds is 5. The van der Waals surface area contributed by atoms with E-state index in [1.165, 1.54) is 0 Å². The molecule has 1 aliphatic heterocycles. The number of benzene rings is 2. The van der Waals surface area contributed by atoms with Crippen molar-refractivity contribution in [2.75, 3.05) is 18.0 Å². The van der Waals surface area contributed by atoms with Crippen molar-refractivity contribution in [3.8, 4) is 0 Å². The zero-order valence-corrected chi connectivity index (χ0v) is 15.1. The quantitative estimate of drug-likeness (QED) is 0.811. The average Bonchev–Trinajstić information content (AvgIpc) is 2.70. The molecule has 0 radical (unpaired) electrons. The Morgan fingerprint density at radius 2 is 1.81 bits per heavy atom. The van der Waals surface area contributed by atoms with Crippen LogP contribution in [-0.2, 0) is 4.79 Å². The van der Waals surface area contributed by atoms with Crippen molar-refractivity contribution in [1.82, 2.24) is 5.32 Å². The third-order valence-corrected chi connectivity index (χ3v) is 5.04. The van der Waals surface area contributed by atoms with Gasteiger partial charge in [-0.15, -0.1) is 0 Å². The van der Waals surface area contributed by atoms with Crippen molar-refractivity contribution in [2.45, 2.75) is 25.8 Å². The molecule has 2 aromatic rings. The van der Waals surface area contributed by atoms with Gasteiger partial charge in [-0.2, -0.15) is 0 Å². The van der Waals surface area contributed by atoms with Crippen LogP contribution in [0.5, 0.6) is 0 Å². The minimum Gasteiger partial charge on any atom is -0.371 e. The predicted molar refractivity (Wildman–Crippen MR) is 99.7 cm³/mol. The Kier molecular flexibility index (Phi) is 5.84. The van der Waals surface area contributed by atoms with E-state index in [-0.39, 0.29) is 17.4 Å². The van der Waals surface area contributed by atoms with Crippen LogP contribution >= 0.6 is 0 Å². The first-order valence-corrected chi connectivity index (χ1v) is 9.03. The van der Waals surface area contributed by atoms with Gasteiger partial charge in [-0.05, 0) is 62.2 Å². The zero-order valence-electron chi connectivity index (χ0n) is 15.1. The fourth-order valence-corrected chi connectivity index (χ4v) is 3.42. The van der Waals surface area contributed by atoms with Crippen molar-refractivity contribution in [3.05, 3.63) is 65.2 Å². The monoisotopic (exact) mass is 372 g/mol. The van der Waals surface area contributed by atoms with Gasteiger partial charge in [0.05, 0.1) is 6.04 Å². The van der Waals surface area contributed by atoms with Crippen LogP contribution in [0, 0.1) is 17.6 Å². The van der Waals surface area contributed by atoms with Gasteiger partial charge in [-0.1, -0.05) is 0 Å². The molecule has 6 heteroatoms. The molecule has 0 aliphatic carbocycles. The third-order valence-electron chi connectivity index (χ3n) is 5.04. The van der Waals surface area contributed by atoms with Gasteiger partial charge in [-0.25, -0.2) is 8.78 Å². The number of amides is 1. The average molecular weight is 372 g/mol. The SMILES string of the molecule is C[C@H](NC(=O)C1CCN(c2ccc(C=O)cc2)CC1)c1cc(F)ccc1F. The van der Waals surface area contributed by atoms with Gasteiger partial charge in [-0.3, -0.25) is 9.59 Å². The molecular formula is C21H22F2N2O2. The topological polar surface area (TPSA) is 49.4 Å². The number of carbonyl (C=O) groups is 2. The predicted octanol–water partition coefficient (Wildman–Crippen LogP) is 3.87. The first kappa shape index (κ1) is 19.0. The van der Waals surface area contributed by atoms with E-state index in [1.807, 2.05) is 12.1 Å². The van der Waals surface area contributed by atoms with Gasteiger partial charge in [0.2, 0.25) is 5.91 Å². The van der Waals surface area contributed by atoms with E-state index in [0.29, 0.717) is 18.4 Å². The second-order valence-electron chi connectivity index (χ2n) is 6.87. The highest BCUT2D eigenvalue weighted by atomic mass is 19.1. The highest BCUT2D eigenvalue weighted by molar-refractivity contribution is 5.79. The molecule has 3 rings (SSSR count). The molecule has 0 unspecified atom stereocenters. The molecule has 0 bridgehead atoms. The number of piperidine rings is 1. The maximum Gasteiger partial charge on any atom is 0.223 e. The number of halogens is 2. The second kappa shape index (κ2) is 8.29. The summed E-state index contributed by atoms with van der Waals surface area (Å²) in [4.78, 5) is 25.4. The number of nitrogens with one attached hydrogen (secondary N) is 1. The van der Waals surface area contributed by atoms with Crippen molar-refractivity contribution in [3.63, 3.8) is 0 Å². The number of hydrogen-bond acceptors (Lipinski definition) is 3. The molecule has 27 heavy (non-hydrogen) atoms. The maximum atomic E-state index is 13.9. The first-order valence-electron chi connectivity index (χ1n) is 9.03. The Hall–Kier alpha value is -2.76. The number of hydrogen-bond donors (Lipinski definition) is 1. The molecular weight excluding hydrogens is 350 g/mol. The molecule has 1 fully saturated rings. The third kappa shape index (κ3) is 4.51. The van der Waals surface area contributed by atoms with E-state index in [9.17, 15) is 18.4 Å². The molecule has 2 aromatic carbocycles. The molecule has 4 nitrogen and oxygen atoms in total. The van der Waals surface area contributed by atoms with Crippen LogP contribution in [-0.4, -0.2) is 25.3 Å². The summed E-state index contributed by atoms with van der Waals surface area (Å²) in [5.74, 6) is -1.35. The molecule has 1 saturated heterocycles. The first-order chi connectivity index (χ1) is 13.0. The van der Waals surface area contributed by atoms with E-state index in [2.05, 4.69) is 10.2 Å². The molecule has 1 atom stereocenters. The van der Waals surface area contributed by atoms with Crippen LogP contribution in [0.25, 0.3) is 0 Å². The van der Waals surface area contributed by atoms with Crippen molar-refractivity contribution >= 4 is 17.9 Å². The van der Waals surface area contributed by atoms with Crippen LogP contribution in [0.4, 0.5) is 14.5 Å². The maximum absolute atomic E-state index is 13.9. The van der Waals surface area contributed by atoms with Crippen molar-refractivity contribution in [2.24, 2.45) is 5.92 Å². The summed E-state index contributed by atoms with van der Waals surface area (Å²) in [5, 5.41) is 2.80. The number of anilines is 1. The molecule has 0 aromatic heterocycles. The van der Waals surface area contributed by atoms with E-state index in [1.54, 1.807) is 19.1 Å². The minimum absolute atomic E-state index is 0.137. The summed E-state index contributed by atoms with van der Waals surface area (Å²) in [5.41, 5.74) is 1.80. The number of nitrogens with zero attached hydrogens (tertiary/aromatic N) is 1. The Morgan fingerprint density at radius 3 is 2.44 bits per heavy atom. The van der Waals surface area contributed by atoms with Gasteiger partial charge in [0.1, 0.15) is 17.9 Å². The molecule has 1 N–H and O–H groups in total. The Labute approximate surface area is 157 Å². The van der Waals surface area contributed by atoms with Gasteiger partial charge in [0.15, 0.2) is 0 Å². The lowest BCUT2D eigenvalue weighted by molar-refractivity contribution is -0.126. The Morgan fingerprint density at radius 1 is 1.15 bits per heavy atom. The van der Waals surface area contributed by atoms with Gasteiger partial charge in [0.25, 0.3) is 0 Å². The molecule has 0 saturated carbocycles. The smallest absolute Gasteiger partial charge is 0.223 e. The second-order valence-corrected chi connectivity index (χ2v) is 6.87. The summed E-state index contributed by atoms with van der Waals surface area (Å²) in [6.07, 6.45) is 2.17. The molecule has 142 valence electrons. The van der Waals surface area contributed by atoms with Crippen LogP contribution in [0.1, 0.15) is 41.7 Å². The molecule has 1 aliphatic rings. The fraction of sp³-hybridized carbons (Fsp3) is 0.333. The zero-order chi connectivity index (χ0) is 19.4. The van der Waals surface area contributed by atoms with Gasteiger partial charge < -0.3 is 10.2 Å². The van der Waals surface area contributed by atoms with Crippen LogP contribution < -0.4 is 10.2 Å². The van der Waals surface area contributed by atoms with Crippen molar-refractivity contribution < 1.29 is 18.4 Å². The van der Waals surface area contributed by atoms with E-state index >= 15 is 0 Å². The summed E-state index contributed by atoms with van der Waals surface area (Å²) in [6, 6.07) is 10.0. The minimum atomic E-state index is -0.595. The molecule has 1 amide bonds. The van der Waals surface area contributed by atoms with Crippen LogP contribution in [0.2, 0.25) is 0 Å². The van der Waals surface area contributed by atoms with E-state index in [4.69, 9.17) is 0 Å². The normalized spacial score (nSPS) is 16.0. The summed E-state index contributed by atoms with van der Waals surface area (Å²) >= 11 is 0. The van der Waals surface area contributed by atoms with Crippen molar-refractivity contribution in [1.29, 1.82) is 0 Å². The number of carbonyl (C=O) groups excluding carboxylic acids is 2. The Balaban J connectivity index is 1.56. The van der Waals surface area contributed by atoms with Crippen LogP contribution in [0.3, 0.4) is 0 Å². The molecule has 0 spiro atoms. The Bertz CT molecular complexity index is 815. The van der Waals surface area contributed by atoms with Gasteiger partial charge >= 0.3 is 0 Å².